The lowest BCUT2D eigenvalue weighted by molar-refractivity contribution is 0.0696. The predicted molar refractivity (Wildman–Crippen MR) is 82.1 cm³/mol. The molecule has 0 saturated carbocycles. The van der Waals surface area contributed by atoms with Gasteiger partial charge < -0.3 is 5.11 Å². The van der Waals surface area contributed by atoms with E-state index < -0.39 is 16.0 Å². The molecule has 21 heavy (non-hydrogen) atoms. The zero-order chi connectivity index (χ0) is 16.4. The SMILES string of the molecule is Cc1cc(C)c(S(=O)(=O)NC(C)CC(C)C)cc1C(=O)O. The summed E-state index contributed by atoms with van der Waals surface area (Å²) < 4.78 is 27.5. The molecule has 1 unspecified atom stereocenters. The van der Waals surface area contributed by atoms with Gasteiger partial charge in [-0.05, 0) is 50.3 Å². The van der Waals surface area contributed by atoms with E-state index in [0.717, 1.165) is 6.42 Å². The van der Waals surface area contributed by atoms with Crippen molar-refractivity contribution < 1.29 is 18.3 Å². The van der Waals surface area contributed by atoms with Crippen LogP contribution in [0.1, 0.15) is 48.7 Å². The molecule has 1 aromatic carbocycles. The first-order chi connectivity index (χ1) is 9.54. The van der Waals surface area contributed by atoms with Gasteiger partial charge in [0.2, 0.25) is 10.0 Å². The molecule has 1 rings (SSSR count). The van der Waals surface area contributed by atoms with Crippen LogP contribution in [0.2, 0.25) is 0 Å². The van der Waals surface area contributed by atoms with Crippen molar-refractivity contribution in [2.24, 2.45) is 5.92 Å². The van der Waals surface area contributed by atoms with Gasteiger partial charge in [-0.2, -0.15) is 0 Å². The Morgan fingerprint density at radius 1 is 1.19 bits per heavy atom. The van der Waals surface area contributed by atoms with Gasteiger partial charge >= 0.3 is 5.97 Å². The number of carboxylic acid groups (broad SMARTS) is 1. The highest BCUT2D eigenvalue weighted by Gasteiger charge is 2.22. The molecule has 6 heteroatoms. The van der Waals surface area contributed by atoms with E-state index in [4.69, 9.17) is 5.11 Å². The summed E-state index contributed by atoms with van der Waals surface area (Å²) in [4.78, 5) is 11.2. The van der Waals surface area contributed by atoms with Gasteiger partial charge in [-0.1, -0.05) is 19.9 Å². The Morgan fingerprint density at radius 3 is 2.24 bits per heavy atom. The topological polar surface area (TPSA) is 83.5 Å². The summed E-state index contributed by atoms with van der Waals surface area (Å²) in [6.07, 6.45) is 0.718. The molecular formula is C15H23NO4S. The van der Waals surface area contributed by atoms with Crippen LogP contribution in [0, 0.1) is 19.8 Å². The largest absolute Gasteiger partial charge is 0.478 e. The number of sulfonamides is 1. The number of benzene rings is 1. The summed E-state index contributed by atoms with van der Waals surface area (Å²) in [5.74, 6) is -0.754. The Hall–Kier alpha value is -1.40. The molecular weight excluding hydrogens is 290 g/mol. The molecule has 0 amide bonds. The lowest BCUT2D eigenvalue weighted by atomic mass is 10.1. The van der Waals surface area contributed by atoms with Gasteiger partial charge in [-0.25, -0.2) is 17.9 Å². The van der Waals surface area contributed by atoms with Crippen molar-refractivity contribution in [2.45, 2.75) is 52.0 Å². The van der Waals surface area contributed by atoms with Crippen LogP contribution in [-0.2, 0) is 10.0 Å². The molecule has 0 aliphatic rings. The molecule has 2 N–H and O–H groups in total. The zero-order valence-electron chi connectivity index (χ0n) is 13.1. The molecule has 1 atom stereocenters. The van der Waals surface area contributed by atoms with Crippen molar-refractivity contribution in [2.75, 3.05) is 0 Å². The summed E-state index contributed by atoms with van der Waals surface area (Å²) in [7, 11) is -3.72. The van der Waals surface area contributed by atoms with Gasteiger partial charge in [0.05, 0.1) is 10.5 Å². The molecule has 0 spiro atoms. The van der Waals surface area contributed by atoms with E-state index in [1.807, 2.05) is 13.8 Å². The standard InChI is InChI=1S/C15H23NO4S/c1-9(2)6-12(5)16-21(19,20)14-8-13(15(17)18)10(3)7-11(14)4/h7-9,12,16H,6H2,1-5H3,(H,17,18). The second-order valence-corrected chi connectivity index (χ2v) is 7.57. The molecule has 118 valence electrons. The summed E-state index contributed by atoms with van der Waals surface area (Å²) in [5.41, 5.74) is 1.11. The number of rotatable bonds is 6. The first-order valence-electron chi connectivity index (χ1n) is 6.91. The summed E-state index contributed by atoms with van der Waals surface area (Å²) in [5, 5.41) is 9.13. The van der Waals surface area contributed by atoms with Crippen LogP contribution in [0.3, 0.4) is 0 Å². The fourth-order valence-corrected chi connectivity index (χ4v) is 3.94. The summed E-state index contributed by atoms with van der Waals surface area (Å²) >= 11 is 0. The highest BCUT2D eigenvalue weighted by Crippen LogP contribution is 2.21. The minimum Gasteiger partial charge on any atom is -0.478 e. The van der Waals surface area contributed by atoms with E-state index in [-0.39, 0.29) is 16.5 Å². The molecule has 0 bridgehead atoms. The fraction of sp³-hybridized carbons (Fsp3) is 0.533. The normalized spacial score (nSPS) is 13.4. The van der Waals surface area contributed by atoms with Crippen molar-refractivity contribution in [3.05, 3.63) is 28.8 Å². The molecule has 5 nitrogen and oxygen atoms in total. The van der Waals surface area contributed by atoms with E-state index in [1.165, 1.54) is 6.07 Å². The lowest BCUT2D eigenvalue weighted by Gasteiger charge is -2.18. The third kappa shape index (κ3) is 4.54. The van der Waals surface area contributed by atoms with E-state index in [1.54, 1.807) is 26.8 Å². The van der Waals surface area contributed by atoms with Crippen molar-refractivity contribution in [1.29, 1.82) is 0 Å². The quantitative estimate of drug-likeness (QED) is 0.846. The van der Waals surface area contributed by atoms with Crippen molar-refractivity contribution >= 4 is 16.0 Å². The monoisotopic (exact) mass is 313 g/mol. The van der Waals surface area contributed by atoms with Gasteiger partial charge in [0.25, 0.3) is 0 Å². The van der Waals surface area contributed by atoms with Crippen molar-refractivity contribution in [3.63, 3.8) is 0 Å². The molecule has 0 heterocycles. The molecule has 0 aromatic heterocycles. The van der Waals surface area contributed by atoms with E-state index in [0.29, 0.717) is 17.0 Å². The van der Waals surface area contributed by atoms with Crippen LogP contribution < -0.4 is 4.72 Å². The second-order valence-electron chi connectivity index (χ2n) is 5.89. The smallest absolute Gasteiger partial charge is 0.335 e. The van der Waals surface area contributed by atoms with Gasteiger partial charge in [-0.3, -0.25) is 0 Å². The average Bonchev–Trinajstić information content (AvgIpc) is 2.25. The molecule has 0 aliphatic carbocycles. The Kier molecular flexibility index (Phi) is 5.53. The zero-order valence-corrected chi connectivity index (χ0v) is 13.9. The third-order valence-corrected chi connectivity index (χ3v) is 4.95. The van der Waals surface area contributed by atoms with Crippen LogP contribution in [0.15, 0.2) is 17.0 Å². The minimum absolute atomic E-state index is 0.0116. The molecule has 0 radical (unpaired) electrons. The van der Waals surface area contributed by atoms with Gasteiger partial charge in [0.1, 0.15) is 0 Å². The van der Waals surface area contributed by atoms with Gasteiger partial charge in [-0.15, -0.1) is 0 Å². The second kappa shape index (κ2) is 6.58. The highest BCUT2D eigenvalue weighted by molar-refractivity contribution is 7.89. The number of carbonyl (C=O) groups is 1. The number of aromatic carboxylic acids is 1. The first-order valence-corrected chi connectivity index (χ1v) is 8.39. The predicted octanol–water partition coefficient (Wildman–Crippen LogP) is 2.71. The number of aryl methyl sites for hydroxylation is 2. The summed E-state index contributed by atoms with van der Waals surface area (Å²) in [6.45, 7) is 9.16. The average molecular weight is 313 g/mol. The number of hydrogen-bond acceptors (Lipinski definition) is 3. The molecule has 1 aromatic rings. The Bertz CT molecular complexity index is 635. The molecule has 0 aliphatic heterocycles. The summed E-state index contributed by atoms with van der Waals surface area (Å²) in [6, 6.07) is 2.62. The van der Waals surface area contributed by atoms with E-state index in [9.17, 15) is 13.2 Å². The van der Waals surface area contributed by atoms with Crippen LogP contribution >= 0.6 is 0 Å². The first kappa shape index (κ1) is 17.7. The Balaban J connectivity index is 3.19. The van der Waals surface area contributed by atoms with E-state index in [2.05, 4.69) is 4.72 Å². The number of hydrogen-bond donors (Lipinski definition) is 2. The van der Waals surface area contributed by atoms with Crippen molar-refractivity contribution in [3.8, 4) is 0 Å². The Labute approximate surface area is 126 Å². The van der Waals surface area contributed by atoms with Crippen LogP contribution in [0.25, 0.3) is 0 Å². The lowest BCUT2D eigenvalue weighted by Crippen LogP contribution is -2.34. The number of nitrogens with one attached hydrogen (secondary N) is 1. The minimum atomic E-state index is -3.72. The fourth-order valence-electron chi connectivity index (χ4n) is 2.44. The highest BCUT2D eigenvalue weighted by atomic mass is 32.2. The maximum Gasteiger partial charge on any atom is 0.335 e. The van der Waals surface area contributed by atoms with Gasteiger partial charge in [0, 0.05) is 6.04 Å². The van der Waals surface area contributed by atoms with Crippen molar-refractivity contribution in [1.82, 2.24) is 4.72 Å². The maximum absolute atomic E-state index is 12.4. The maximum atomic E-state index is 12.4. The Morgan fingerprint density at radius 2 is 1.76 bits per heavy atom. The van der Waals surface area contributed by atoms with Crippen LogP contribution in [0.5, 0.6) is 0 Å². The third-order valence-electron chi connectivity index (χ3n) is 3.22. The van der Waals surface area contributed by atoms with E-state index >= 15 is 0 Å². The van der Waals surface area contributed by atoms with Crippen LogP contribution in [-0.4, -0.2) is 25.5 Å². The molecule has 0 fully saturated rings. The van der Waals surface area contributed by atoms with Gasteiger partial charge in [0.15, 0.2) is 0 Å². The van der Waals surface area contributed by atoms with Crippen LogP contribution in [0.4, 0.5) is 0 Å². The number of carboxylic acids is 1. The molecule has 0 saturated heterocycles.